The highest BCUT2D eigenvalue weighted by atomic mass is 16.6. The van der Waals surface area contributed by atoms with Gasteiger partial charge < -0.3 is 20.3 Å². The van der Waals surface area contributed by atoms with Crippen molar-refractivity contribution >= 4 is 0 Å². The fourth-order valence-electron chi connectivity index (χ4n) is 12.9. The lowest BCUT2D eigenvalue weighted by Gasteiger charge is -2.76. The summed E-state index contributed by atoms with van der Waals surface area (Å²) in [6, 6.07) is 1.39. The minimum atomic E-state index is -0.842. The van der Waals surface area contributed by atoms with Crippen LogP contribution >= 0.6 is 0 Å². The van der Waals surface area contributed by atoms with Crippen LogP contribution in [0, 0.1) is 51.2 Å². The number of nitrogens with one attached hydrogen (secondary N) is 1. The molecule has 3 N–H and O–H groups in total. The molecule has 5 aliphatic carbocycles. The van der Waals surface area contributed by atoms with Crippen LogP contribution in [-0.4, -0.2) is 40.3 Å². The second-order valence-electron chi connectivity index (χ2n) is 15.1. The lowest BCUT2D eigenvalue weighted by atomic mass is 9.33. The van der Waals surface area contributed by atoms with Gasteiger partial charge in [0.2, 0.25) is 0 Å². The highest BCUT2D eigenvalue weighted by Gasteiger charge is 2.80. The van der Waals surface area contributed by atoms with Crippen molar-refractivity contribution in [1.82, 2.24) is 5.32 Å². The molecule has 0 radical (unpaired) electrons. The van der Waals surface area contributed by atoms with Gasteiger partial charge in [-0.3, -0.25) is 0 Å². The van der Waals surface area contributed by atoms with Gasteiger partial charge >= 0.3 is 0 Å². The molecule has 8 aliphatic rings. The van der Waals surface area contributed by atoms with E-state index in [0.29, 0.717) is 22.3 Å². The third-order valence-corrected chi connectivity index (χ3v) is 14.4. The van der Waals surface area contributed by atoms with Crippen LogP contribution in [0.1, 0.15) is 105 Å². The van der Waals surface area contributed by atoms with E-state index in [9.17, 15) is 10.2 Å². The molecule has 4 heteroatoms. The number of hydrogen-bond donors (Lipinski definition) is 3. The van der Waals surface area contributed by atoms with Gasteiger partial charge in [-0.05, 0) is 111 Å². The normalized spacial score (nSPS) is 63.5. The average molecular weight is 472 g/mol. The van der Waals surface area contributed by atoms with E-state index in [1.165, 1.54) is 51.4 Å². The van der Waals surface area contributed by atoms with E-state index in [1.807, 2.05) is 0 Å². The summed E-state index contributed by atoms with van der Waals surface area (Å²) in [7, 11) is 0. The third-order valence-electron chi connectivity index (χ3n) is 14.4. The Morgan fingerprint density at radius 1 is 0.941 bits per heavy atom. The van der Waals surface area contributed by atoms with Crippen molar-refractivity contribution in [3.63, 3.8) is 0 Å². The highest BCUT2D eigenvalue weighted by Crippen LogP contribution is 2.81. The summed E-state index contributed by atoms with van der Waals surface area (Å²) in [4.78, 5) is 0. The SMILES string of the molecule is CC(C)[C@H]1CC[C@@]2(C)[C@@H]3CC[C@]45CCC[C@H]4[C@@]2(CC[C@@H]2C4(C)CC[C@H](O)[C@@]2(C)[C@H](O)O4)[C@H]1N[C@H]35. The predicted molar refractivity (Wildman–Crippen MR) is 133 cm³/mol. The maximum absolute atomic E-state index is 11.1. The van der Waals surface area contributed by atoms with Gasteiger partial charge in [-0.1, -0.05) is 34.1 Å². The number of aliphatic hydroxyl groups excluding tert-OH is 2. The minimum Gasteiger partial charge on any atom is -0.392 e. The first kappa shape index (κ1) is 23.0. The summed E-state index contributed by atoms with van der Waals surface area (Å²) in [6.07, 6.45) is 12.6. The van der Waals surface area contributed by atoms with Crippen molar-refractivity contribution in [2.75, 3.05) is 0 Å². The van der Waals surface area contributed by atoms with Crippen LogP contribution in [0.25, 0.3) is 0 Å². The van der Waals surface area contributed by atoms with Crippen LogP contribution in [0.15, 0.2) is 0 Å². The van der Waals surface area contributed by atoms with E-state index < -0.39 is 17.8 Å². The molecule has 4 nitrogen and oxygen atoms in total. The lowest BCUT2D eigenvalue weighted by Crippen LogP contribution is -2.80. The summed E-state index contributed by atoms with van der Waals surface area (Å²) in [5.41, 5.74) is 0.494. The van der Waals surface area contributed by atoms with Crippen molar-refractivity contribution in [1.29, 1.82) is 0 Å². The molecule has 34 heavy (non-hydrogen) atoms. The molecule has 3 saturated heterocycles. The molecule has 8 fully saturated rings. The second kappa shape index (κ2) is 6.83. The quantitative estimate of drug-likeness (QED) is 0.523. The monoisotopic (exact) mass is 471 g/mol. The molecule has 0 aromatic carbocycles. The predicted octanol–water partition coefficient (Wildman–Crippen LogP) is 5.26. The summed E-state index contributed by atoms with van der Waals surface area (Å²) in [5.74, 6) is 3.42. The maximum Gasteiger partial charge on any atom is 0.163 e. The van der Waals surface area contributed by atoms with E-state index in [2.05, 4.69) is 39.9 Å². The van der Waals surface area contributed by atoms with Crippen molar-refractivity contribution in [3.8, 4) is 0 Å². The van der Waals surface area contributed by atoms with Gasteiger partial charge in [0, 0.05) is 23.4 Å². The Morgan fingerprint density at radius 3 is 2.50 bits per heavy atom. The summed E-state index contributed by atoms with van der Waals surface area (Å²) >= 11 is 0. The van der Waals surface area contributed by atoms with Crippen LogP contribution in [0.2, 0.25) is 0 Å². The Kier molecular flexibility index (Phi) is 4.62. The maximum atomic E-state index is 11.1. The molecule has 3 heterocycles. The molecule has 1 spiro atoms. The number of piperidine rings is 2. The molecule has 13 atom stereocenters. The highest BCUT2D eigenvalue weighted by molar-refractivity contribution is 5.31. The zero-order valence-corrected chi connectivity index (χ0v) is 22.3. The molecular weight excluding hydrogens is 422 g/mol. The fourth-order valence-corrected chi connectivity index (χ4v) is 12.9. The Morgan fingerprint density at radius 2 is 1.74 bits per heavy atom. The fraction of sp³-hybridized carbons (Fsp3) is 1.00. The van der Waals surface area contributed by atoms with Gasteiger partial charge in [-0.2, -0.15) is 0 Å². The Bertz CT molecular complexity index is 877. The molecule has 3 aliphatic heterocycles. The molecule has 5 saturated carbocycles. The van der Waals surface area contributed by atoms with Crippen LogP contribution in [0.4, 0.5) is 0 Å². The van der Waals surface area contributed by atoms with Crippen molar-refractivity contribution in [2.45, 2.75) is 135 Å². The van der Waals surface area contributed by atoms with Crippen LogP contribution in [0.5, 0.6) is 0 Å². The first-order chi connectivity index (χ1) is 16.0. The Hall–Kier alpha value is -0.160. The van der Waals surface area contributed by atoms with Crippen molar-refractivity contribution in [2.24, 2.45) is 51.2 Å². The molecule has 8 rings (SSSR count). The average Bonchev–Trinajstić information content (AvgIpc) is 3.40. The largest absolute Gasteiger partial charge is 0.392 e. The first-order valence-electron chi connectivity index (χ1n) is 14.8. The van der Waals surface area contributed by atoms with Gasteiger partial charge in [0.1, 0.15) is 0 Å². The van der Waals surface area contributed by atoms with Crippen molar-refractivity contribution in [3.05, 3.63) is 0 Å². The Labute approximate surface area is 207 Å². The van der Waals surface area contributed by atoms with E-state index in [1.54, 1.807) is 0 Å². The third kappa shape index (κ3) is 2.30. The van der Waals surface area contributed by atoms with Crippen LogP contribution in [-0.2, 0) is 4.74 Å². The zero-order valence-electron chi connectivity index (χ0n) is 22.3. The van der Waals surface area contributed by atoms with E-state index in [-0.39, 0.29) is 11.5 Å². The number of rotatable bonds is 4. The molecule has 0 amide bonds. The van der Waals surface area contributed by atoms with Crippen LogP contribution in [0.3, 0.4) is 0 Å². The number of fused-ring (bicyclic) bond motifs is 2. The Balaban J connectivity index is 1.32. The lowest BCUT2D eigenvalue weighted by molar-refractivity contribution is -0.249. The van der Waals surface area contributed by atoms with Gasteiger partial charge in [0.05, 0.1) is 11.7 Å². The molecule has 0 aromatic rings. The van der Waals surface area contributed by atoms with Crippen molar-refractivity contribution < 1.29 is 14.9 Å². The van der Waals surface area contributed by atoms with Gasteiger partial charge in [-0.25, -0.2) is 0 Å². The molecule has 0 aromatic heterocycles. The van der Waals surface area contributed by atoms with E-state index in [4.69, 9.17) is 4.74 Å². The number of ether oxygens (including phenoxy) is 1. The molecule has 192 valence electrons. The molecular formula is C30H49NO3. The standard InChI is InChI=1S/C30H49NO3/c1-17(2)18-8-13-26(3)19-9-15-29-12-6-7-21(29)30(26,23(18)31-24(19)29)16-10-20-27(4)14-11-22(32)28(20,5)25(33)34-27/h17-25,31-33H,6-16H2,1-5H3/t18-,19-,20-,21-,22+,23+,24-,25-,26+,27?,28+,29-,30+/m1/s1. The topological polar surface area (TPSA) is 61.7 Å². The van der Waals surface area contributed by atoms with E-state index >= 15 is 0 Å². The van der Waals surface area contributed by atoms with Gasteiger partial charge in [-0.15, -0.1) is 0 Å². The summed E-state index contributed by atoms with van der Waals surface area (Å²) in [5, 5.41) is 26.5. The minimum absolute atomic E-state index is 0.226. The van der Waals surface area contributed by atoms with Crippen LogP contribution < -0.4 is 5.32 Å². The summed E-state index contributed by atoms with van der Waals surface area (Å²) < 4.78 is 6.27. The van der Waals surface area contributed by atoms with Gasteiger partial charge in [0.25, 0.3) is 0 Å². The van der Waals surface area contributed by atoms with E-state index in [0.717, 1.165) is 49.0 Å². The smallest absolute Gasteiger partial charge is 0.163 e. The first-order valence-corrected chi connectivity index (χ1v) is 14.8. The second-order valence-corrected chi connectivity index (χ2v) is 15.1. The summed E-state index contributed by atoms with van der Waals surface area (Å²) in [6.45, 7) is 12.0. The number of hydrogen-bond acceptors (Lipinski definition) is 4. The molecule has 8 bridgehead atoms. The number of aliphatic hydroxyl groups is 2. The zero-order chi connectivity index (χ0) is 23.9. The molecule has 1 unspecified atom stereocenters. The van der Waals surface area contributed by atoms with Gasteiger partial charge in [0.15, 0.2) is 6.29 Å².